The molecule has 1 aromatic carbocycles. The van der Waals surface area contributed by atoms with Gasteiger partial charge in [-0.1, -0.05) is 12.1 Å². The number of morpholine rings is 1. The van der Waals surface area contributed by atoms with Crippen molar-refractivity contribution in [2.45, 2.75) is 23.9 Å². The van der Waals surface area contributed by atoms with Crippen LogP contribution < -0.4 is 15.8 Å². The summed E-state index contributed by atoms with van der Waals surface area (Å²) in [4.78, 5) is 12.1. The van der Waals surface area contributed by atoms with Crippen LogP contribution in [0.25, 0.3) is 0 Å². The minimum Gasteiger partial charge on any atom is -0.378 e. The first kappa shape index (κ1) is 15.9. The summed E-state index contributed by atoms with van der Waals surface area (Å²) in [5.41, 5.74) is 0.799. The normalized spacial score (nSPS) is 20.8. The largest absolute Gasteiger partial charge is 0.378 e. The Kier molecular flexibility index (Phi) is 4.94. The van der Waals surface area contributed by atoms with Gasteiger partial charge in [-0.05, 0) is 24.6 Å². The average molecular weight is 313 g/mol. The van der Waals surface area contributed by atoms with Crippen LogP contribution in [-0.2, 0) is 19.6 Å². The van der Waals surface area contributed by atoms with Gasteiger partial charge in [0.1, 0.15) is 6.04 Å². The highest BCUT2D eigenvalue weighted by molar-refractivity contribution is 7.89. The molecule has 4 N–H and O–H groups in total. The van der Waals surface area contributed by atoms with E-state index in [1.807, 2.05) is 6.92 Å². The topological polar surface area (TPSA) is 111 Å². The highest BCUT2D eigenvalue weighted by Gasteiger charge is 2.22. The van der Waals surface area contributed by atoms with E-state index in [1.54, 1.807) is 12.1 Å². The fraction of sp³-hybridized carbons (Fsp3) is 0.462. The maximum Gasteiger partial charge on any atom is 0.240 e. The van der Waals surface area contributed by atoms with Gasteiger partial charge in [-0.2, -0.15) is 0 Å². The van der Waals surface area contributed by atoms with Crippen LogP contribution in [0.2, 0.25) is 0 Å². The van der Waals surface area contributed by atoms with Crippen LogP contribution in [0.3, 0.4) is 0 Å². The Hall–Kier alpha value is -1.48. The number of amides is 1. The molecule has 1 saturated heterocycles. The molecular weight excluding hydrogens is 294 g/mol. The summed E-state index contributed by atoms with van der Waals surface area (Å²) in [6.45, 7) is 3.43. The second kappa shape index (κ2) is 6.52. The molecule has 1 aromatic rings. The molecule has 8 heteroatoms. The van der Waals surface area contributed by atoms with Gasteiger partial charge in [0.05, 0.1) is 24.2 Å². The standard InChI is InChI=1S/C13H19N3O4S/c1-9(16-13(17)12-8-20-7-6-15-12)10-2-4-11(5-3-10)21(14,18)19/h2-5,9,12,15H,6-8H2,1H3,(H,16,17)(H2,14,18,19). The number of nitrogens with one attached hydrogen (secondary N) is 2. The minimum atomic E-state index is -3.70. The number of primary sulfonamides is 1. The molecule has 1 amide bonds. The summed E-state index contributed by atoms with van der Waals surface area (Å²) in [6, 6.07) is 5.52. The molecule has 2 atom stereocenters. The molecule has 0 bridgehead atoms. The summed E-state index contributed by atoms with van der Waals surface area (Å²) >= 11 is 0. The third-order valence-electron chi connectivity index (χ3n) is 3.31. The zero-order chi connectivity index (χ0) is 15.5. The summed E-state index contributed by atoms with van der Waals surface area (Å²) in [5, 5.41) is 11.0. The lowest BCUT2D eigenvalue weighted by Crippen LogP contribution is -2.51. The van der Waals surface area contributed by atoms with Crippen molar-refractivity contribution in [3.8, 4) is 0 Å². The monoisotopic (exact) mass is 313 g/mol. The van der Waals surface area contributed by atoms with Crippen LogP contribution in [0.15, 0.2) is 29.2 Å². The molecular formula is C13H19N3O4S. The third kappa shape index (κ3) is 4.24. The van der Waals surface area contributed by atoms with Crippen molar-refractivity contribution in [2.75, 3.05) is 19.8 Å². The van der Waals surface area contributed by atoms with E-state index in [0.29, 0.717) is 19.8 Å². The van der Waals surface area contributed by atoms with Gasteiger partial charge in [-0.25, -0.2) is 13.6 Å². The van der Waals surface area contributed by atoms with Crippen molar-refractivity contribution in [1.29, 1.82) is 0 Å². The molecule has 1 heterocycles. The molecule has 0 spiro atoms. The second-order valence-electron chi connectivity index (χ2n) is 4.93. The summed E-state index contributed by atoms with van der Waals surface area (Å²) < 4.78 is 27.6. The van der Waals surface area contributed by atoms with Crippen LogP contribution >= 0.6 is 0 Å². The molecule has 0 aliphatic carbocycles. The second-order valence-corrected chi connectivity index (χ2v) is 6.49. The highest BCUT2D eigenvalue weighted by atomic mass is 32.2. The first-order valence-corrected chi connectivity index (χ1v) is 8.17. The number of carbonyl (C=O) groups excluding carboxylic acids is 1. The average Bonchev–Trinajstić information content (AvgIpc) is 2.47. The molecule has 2 unspecified atom stereocenters. The highest BCUT2D eigenvalue weighted by Crippen LogP contribution is 2.15. The van der Waals surface area contributed by atoms with Crippen LogP contribution in [0, 0.1) is 0 Å². The lowest BCUT2D eigenvalue weighted by atomic mass is 10.1. The molecule has 2 rings (SSSR count). The molecule has 0 saturated carbocycles. The minimum absolute atomic E-state index is 0.0483. The maximum absolute atomic E-state index is 12.0. The van der Waals surface area contributed by atoms with Crippen LogP contribution in [0.1, 0.15) is 18.5 Å². The van der Waals surface area contributed by atoms with E-state index in [9.17, 15) is 13.2 Å². The van der Waals surface area contributed by atoms with Crippen molar-refractivity contribution >= 4 is 15.9 Å². The Morgan fingerprint density at radius 1 is 1.43 bits per heavy atom. The van der Waals surface area contributed by atoms with Crippen molar-refractivity contribution < 1.29 is 17.9 Å². The van der Waals surface area contributed by atoms with Gasteiger partial charge in [-0.3, -0.25) is 4.79 Å². The number of sulfonamides is 1. The number of hydrogen-bond acceptors (Lipinski definition) is 5. The zero-order valence-electron chi connectivity index (χ0n) is 11.7. The van der Waals surface area contributed by atoms with Gasteiger partial charge < -0.3 is 15.4 Å². The predicted molar refractivity (Wildman–Crippen MR) is 77.0 cm³/mol. The van der Waals surface area contributed by atoms with Gasteiger partial charge in [0, 0.05) is 6.54 Å². The van der Waals surface area contributed by atoms with Crippen molar-refractivity contribution in [3.05, 3.63) is 29.8 Å². The number of carbonyl (C=O) groups is 1. The smallest absolute Gasteiger partial charge is 0.240 e. The predicted octanol–water partition coefficient (Wildman–Crippen LogP) is -0.500. The summed E-state index contributed by atoms with van der Waals surface area (Å²) in [6.07, 6.45) is 0. The van der Waals surface area contributed by atoms with Crippen LogP contribution in [0.5, 0.6) is 0 Å². The van der Waals surface area contributed by atoms with E-state index < -0.39 is 10.0 Å². The molecule has 21 heavy (non-hydrogen) atoms. The van der Waals surface area contributed by atoms with Crippen LogP contribution in [0.4, 0.5) is 0 Å². The SMILES string of the molecule is CC(NC(=O)C1COCCN1)c1ccc(S(N)(=O)=O)cc1. The van der Waals surface area contributed by atoms with E-state index in [0.717, 1.165) is 5.56 Å². The van der Waals surface area contributed by atoms with Crippen molar-refractivity contribution in [1.82, 2.24) is 10.6 Å². The van der Waals surface area contributed by atoms with E-state index in [-0.39, 0.29) is 22.9 Å². The molecule has 1 aliphatic rings. The van der Waals surface area contributed by atoms with Crippen LogP contribution in [-0.4, -0.2) is 40.1 Å². The lowest BCUT2D eigenvalue weighted by Gasteiger charge is -2.25. The summed E-state index contributed by atoms with van der Waals surface area (Å²) in [7, 11) is -3.70. The van der Waals surface area contributed by atoms with Gasteiger partial charge in [-0.15, -0.1) is 0 Å². The first-order chi connectivity index (χ1) is 9.88. The Balaban J connectivity index is 1.99. The van der Waals surface area contributed by atoms with Gasteiger partial charge >= 0.3 is 0 Å². The fourth-order valence-corrected chi connectivity index (χ4v) is 2.59. The Labute approximate surface area is 123 Å². The van der Waals surface area contributed by atoms with Crippen molar-refractivity contribution in [3.63, 3.8) is 0 Å². The number of benzene rings is 1. The molecule has 0 radical (unpaired) electrons. The molecule has 7 nitrogen and oxygen atoms in total. The molecule has 116 valence electrons. The molecule has 1 aliphatic heterocycles. The fourth-order valence-electron chi connectivity index (χ4n) is 2.08. The lowest BCUT2D eigenvalue weighted by molar-refractivity contribution is -0.126. The number of ether oxygens (including phenoxy) is 1. The van der Waals surface area contributed by atoms with E-state index in [1.165, 1.54) is 12.1 Å². The Morgan fingerprint density at radius 2 is 2.10 bits per heavy atom. The molecule has 1 fully saturated rings. The Morgan fingerprint density at radius 3 is 2.62 bits per heavy atom. The number of nitrogens with two attached hydrogens (primary N) is 1. The van der Waals surface area contributed by atoms with Gasteiger partial charge in [0.15, 0.2) is 0 Å². The Bertz CT molecular complexity index is 594. The quantitative estimate of drug-likeness (QED) is 0.694. The van der Waals surface area contributed by atoms with E-state index in [2.05, 4.69) is 10.6 Å². The number of rotatable bonds is 4. The first-order valence-electron chi connectivity index (χ1n) is 6.62. The van der Waals surface area contributed by atoms with Gasteiger partial charge in [0.2, 0.25) is 15.9 Å². The van der Waals surface area contributed by atoms with Crippen molar-refractivity contribution in [2.24, 2.45) is 5.14 Å². The zero-order valence-corrected chi connectivity index (χ0v) is 12.5. The van der Waals surface area contributed by atoms with E-state index in [4.69, 9.17) is 9.88 Å². The maximum atomic E-state index is 12.0. The van der Waals surface area contributed by atoms with Gasteiger partial charge in [0.25, 0.3) is 0 Å². The summed E-state index contributed by atoms with van der Waals surface area (Å²) in [5.74, 6) is -0.141. The van der Waals surface area contributed by atoms with E-state index >= 15 is 0 Å². The molecule has 0 aromatic heterocycles. The third-order valence-corrected chi connectivity index (χ3v) is 4.23. The number of hydrogen-bond donors (Lipinski definition) is 3.